The quantitative estimate of drug-likeness (QED) is 0.777. The molecule has 0 aromatic carbocycles. The maximum Gasteiger partial charge on any atom is 0.145 e. The highest BCUT2D eigenvalue weighted by Gasteiger charge is 2.57. The van der Waals surface area contributed by atoms with E-state index in [1.165, 1.54) is 24.8 Å². The van der Waals surface area contributed by atoms with Gasteiger partial charge in [0, 0.05) is 12.1 Å². The van der Waals surface area contributed by atoms with Crippen LogP contribution in [0.1, 0.15) is 42.9 Å². The van der Waals surface area contributed by atoms with Crippen LogP contribution in [0.15, 0.2) is 18.3 Å². The Bertz CT molecular complexity index is 472. The van der Waals surface area contributed by atoms with E-state index in [1.807, 2.05) is 12.3 Å². The van der Waals surface area contributed by atoms with E-state index < -0.39 is 0 Å². The van der Waals surface area contributed by atoms with Crippen LogP contribution in [0.25, 0.3) is 0 Å². The van der Waals surface area contributed by atoms with E-state index in [4.69, 9.17) is 0 Å². The Kier molecular flexibility index (Phi) is 1.97. The Morgan fingerprint density at radius 3 is 2.88 bits per heavy atom. The second kappa shape index (κ2) is 3.41. The molecule has 1 aromatic heterocycles. The largest absolute Gasteiger partial charge is 0.299 e. The summed E-state index contributed by atoms with van der Waals surface area (Å²) in [6, 6.07) is 4.11. The summed E-state index contributed by atoms with van der Waals surface area (Å²) in [7, 11) is 0. The van der Waals surface area contributed by atoms with Gasteiger partial charge in [0.2, 0.25) is 0 Å². The Hall–Kier alpha value is -1.18. The summed E-state index contributed by atoms with van der Waals surface area (Å²) < 4.78 is 0. The smallest absolute Gasteiger partial charge is 0.145 e. The number of aryl methyl sites for hydroxylation is 1. The molecule has 0 N–H and O–H groups in total. The second-order valence-electron chi connectivity index (χ2n) is 5.83. The lowest BCUT2D eigenvalue weighted by atomic mass is 9.94. The van der Waals surface area contributed by atoms with Crippen LogP contribution in [0.5, 0.6) is 0 Å². The predicted octanol–water partition coefficient (Wildman–Crippen LogP) is 2.73. The molecule has 0 bridgehead atoms. The summed E-state index contributed by atoms with van der Waals surface area (Å²) in [5.41, 5.74) is 2.39. The molecule has 0 saturated heterocycles. The van der Waals surface area contributed by atoms with Crippen LogP contribution in [0.2, 0.25) is 0 Å². The topological polar surface area (TPSA) is 30.0 Å². The van der Waals surface area contributed by atoms with Gasteiger partial charge in [0.25, 0.3) is 0 Å². The number of aromatic nitrogens is 1. The normalized spacial score (nSPS) is 37.6. The molecule has 3 unspecified atom stereocenters. The summed E-state index contributed by atoms with van der Waals surface area (Å²) in [4.78, 5) is 17.0. The van der Waals surface area contributed by atoms with Crippen molar-refractivity contribution < 1.29 is 4.79 Å². The summed E-state index contributed by atoms with van der Waals surface area (Å²) in [6.07, 6.45) is 7.81. The van der Waals surface area contributed by atoms with Gasteiger partial charge in [-0.1, -0.05) is 12.5 Å². The highest BCUT2D eigenvalue weighted by molar-refractivity contribution is 5.91. The third-order valence-electron chi connectivity index (χ3n) is 5.04. The van der Waals surface area contributed by atoms with Gasteiger partial charge in [-0.3, -0.25) is 9.78 Å². The van der Waals surface area contributed by atoms with Crippen molar-refractivity contribution in [3.63, 3.8) is 0 Å². The molecular formula is C15H17NO. The number of ketones is 1. The van der Waals surface area contributed by atoms with Crippen molar-refractivity contribution in [3.8, 4) is 0 Å². The Balaban J connectivity index is 1.59. The SMILES string of the molecule is O=C(C1CCc2cccnc21)C1C2CCCC21. The number of Topliss-reactive ketones (excluding diaryl/α,β-unsaturated/α-hetero) is 1. The fraction of sp³-hybridized carbons (Fsp3) is 0.600. The van der Waals surface area contributed by atoms with Gasteiger partial charge in [-0.2, -0.15) is 0 Å². The first-order chi connectivity index (χ1) is 8.36. The summed E-state index contributed by atoms with van der Waals surface area (Å²) in [5.74, 6) is 2.53. The summed E-state index contributed by atoms with van der Waals surface area (Å²) >= 11 is 0. The van der Waals surface area contributed by atoms with Gasteiger partial charge in [0.15, 0.2) is 0 Å². The van der Waals surface area contributed by atoms with Crippen molar-refractivity contribution in [3.05, 3.63) is 29.6 Å². The highest BCUT2D eigenvalue weighted by Crippen LogP contribution is 2.59. The highest BCUT2D eigenvalue weighted by atomic mass is 16.1. The number of hydrogen-bond acceptors (Lipinski definition) is 2. The fourth-order valence-electron chi connectivity index (χ4n) is 4.17. The zero-order chi connectivity index (χ0) is 11.4. The lowest BCUT2D eigenvalue weighted by Crippen LogP contribution is -2.15. The minimum atomic E-state index is 0.127. The molecule has 3 aliphatic rings. The molecule has 0 amide bonds. The van der Waals surface area contributed by atoms with Crippen LogP contribution < -0.4 is 0 Å². The first kappa shape index (κ1) is 9.81. The molecule has 0 radical (unpaired) electrons. The third kappa shape index (κ3) is 1.33. The van der Waals surface area contributed by atoms with Crippen LogP contribution in [0.3, 0.4) is 0 Å². The number of carbonyl (C=O) groups excluding carboxylic acids is 1. The monoisotopic (exact) mass is 227 g/mol. The molecule has 2 nitrogen and oxygen atoms in total. The third-order valence-corrected chi connectivity index (χ3v) is 5.04. The van der Waals surface area contributed by atoms with Gasteiger partial charge in [0.05, 0.1) is 11.6 Å². The maximum atomic E-state index is 12.5. The molecule has 3 atom stereocenters. The van der Waals surface area contributed by atoms with Gasteiger partial charge < -0.3 is 0 Å². The van der Waals surface area contributed by atoms with Crippen molar-refractivity contribution in [2.24, 2.45) is 17.8 Å². The van der Waals surface area contributed by atoms with E-state index in [9.17, 15) is 4.79 Å². The average Bonchev–Trinajstić information content (AvgIpc) is 2.77. The van der Waals surface area contributed by atoms with Crippen LogP contribution in [-0.2, 0) is 11.2 Å². The molecule has 1 heterocycles. The molecule has 88 valence electrons. The maximum absolute atomic E-state index is 12.5. The van der Waals surface area contributed by atoms with Crippen molar-refractivity contribution in [2.45, 2.75) is 38.0 Å². The van der Waals surface area contributed by atoms with Crippen LogP contribution in [0, 0.1) is 17.8 Å². The zero-order valence-electron chi connectivity index (χ0n) is 9.93. The van der Waals surface area contributed by atoms with Gasteiger partial charge >= 0.3 is 0 Å². The minimum Gasteiger partial charge on any atom is -0.299 e. The first-order valence-electron chi connectivity index (χ1n) is 6.84. The van der Waals surface area contributed by atoms with Crippen molar-refractivity contribution >= 4 is 5.78 Å². The minimum absolute atomic E-state index is 0.127. The Morgan fingerprint density at radius 2 is 2.06 bits per heavy atom. The molecule has 0 spiro atoms. The van der Waals surface area contributed by atoms with E-state index in [0.29, 0.717) is 11.7 Å². The molecule has 2 fully saturated rings. The number of fused-ring (bicyclic) bond motifs is 2. The number of pyridine rings is 1. The lowest BCUT2D eigenvalue weighted by molar-refractivity contribution is -0.122. The number of hydrogen-bond donors (Lipinski definition) is 0. The Morgan fingerprint density at radius 1 is 1.24 bits per heavy atom. The molecule has 3 aliphatic carbocycles. The van der Waals surface area contributed by atoms with Crippen LogP contribution in [0.4, 0.5) is 0 Å². The molecule has 0 aliphatic heterocycles. The second-order valence-corrected chi connectivity index (χ2v) is 5.83. The summed E-state index contributed by atoms with van der Waals surface area (Å²) in [5, 5.41) is 0. The van der Waals surface area contributed by atoms with E-state index in [1.54, 1.807) is 0 Å². The summed E-state index contributed by atoms with van der Waals surface area (Å²) in [6.45, 7) is 0. The number of rotatable bonds is 2. The predicted molar refractivity (Wildman–Crippen MR) is 64.6 cm³/mol. The Labute approximate surface area is 101 Å². The first-order valence-corrected chi connectivity index (χ1v) is 6.84. The van der Waals surface area contributed by atoms with E-state index in [-0.39, 0.29) is 5.92 Å². The van der Waals surface area contributed by atoms with Crippen LogP contribution >= 0.6 is 0 Å². The molecule has 2 heteroatoms. The lowest BCUT2D eigenvalue weighted by Gasteiger charge is -2.10. The van der Waals surface area contributed by atoms with E-state index in [2.05, 4.69) is 11.1 Å². The molecule has 2 saturated carbocycles. The molecule has 17 heavy (non-hydrogen) atoms. The zero-order valence-corrected chi connectivity index (χ0v) is 9.93. The van der Waals surface area contributed by atoms with Crippen molar-refractivity contribution in [1.82, 2.24) is 4.98 Å². The number of carbonyl (C=O) groups is 1. The standard InChI is InChI=1S/C15H17NO/c17-15(13-10-4-1-5-11(10)13)12-7-6-9-3-2-8-16-14(9)12/h2-3,8,10-13H,1,4-7H2. The van der Waals surface area contributed by atoms with Gasteiger partial charge in [-0.15, -0.1) is 0 Å². The van der Waals surface area contributed by atoms with Gasteiger partial charge in [0.1, 0.15) is 5.78 Å². The number of nitrogens with zero attached hydrogens (tertiary/aromatic N) is 1. The fourth-order valence-corrected chi connectivity index (χ4v) is 4.17. The van der Waals surface area contributed by atoms with Gasteiger partial charge in [-0.05, 0) is 49.1 Å². The van der Waals surface area contributed by atoms with Crippen LogP contribution in [-0.4, -0.2) is 10.8 Å². The molecule has 1 aromatic rings. The average molecular weight is 227 g/mol. The molecular weight excluding hydrogens is 210 g/mol. The van der Waals surface area contributed by atoms with E-state index >= 15 is 0 Å². The van der Waals surface area contributed by atoms with Crippen molar-refractivity contribution in [1.29, 1.82) is 0 Å². The van der Waals surface area contributed by atoms with E-state index in [0.717, 1.165) is 30.4 Å². The van der Waals surface area contributed by atoms with Gasteiger partial charge in [-0.25, -0.2) is 0 Å². The molecule has 4 rings (SSSR count). The van der Waals surface area contributed by atoms with Crippen molar-refractivity contribution in [2.75, 3.05) is 0 Å².